The van der Waals surface area contributed by atoms with E-state index in [9.17, 15) is 8.42 Å². The molecule has 3 rings (SSSR count). The van der Waals surface area contributed by atoms with Crippen molar-refractivity contribution in [2.24, 2.45) is 5.14 Å². The molecule has 26 heavy (non-hydrogen) atoms. The Balaban J connectivity index is 1.56. The number of hydrogen-bond donors (Lipinski definition) is 3. The van der Waals surface area contributed by atoms with Crippen molar-refractivity contribution in [1.82, 2.24) is 9.97 Å². The van der Waals surface area contributed by atoms with Crippen LogP contribution in [-0.2, 0) is 16.4 Å². The molecule has 4 N–H and O–H groups in total. The van der Waals surface area contributed by atoms with E-state index in [1.807, 2.05) is 13.0 Å². The molecule has 1 saturated carbocycles. The summed E-state index contributed by atoms with van der Waals surface area (Å²) in [4.78, 5) is 9.02. The van der Waals surface area contributed by atoms with E-state index in [4.69, 9.17) is 5.14 Å². The second-order valence-corrected chi connectivity index (χ2v) is 8.24. The van der Waals surface area contributed by atoms with Gasteiger partial charge in [-0.3, -0.25) is 0 Å². The minimum atomic E-state index is -3.64. The lowest BCUT2D eigenvalue weighted by atomic mass is 10.1. The van der Waals surface area contributed by atoms with Crippen LogP contribution >= 0.6 is 0 Å². The fourth-order valence-electron chi connectivity index (χ4n) is 3.19. The summed E-state index contributed by atoms with van der Waals surface area (Å²) in [7, 11) is -3.64. The maximum absolute atomic E-state index is 11.3. The molecule has 0 spiro atoms. The Bertz CT molecular complexity index is 846. The second kappa shape index (κ2) is 8.01. The number of rotatable bonds is 7. The van der Waals surface area contributed by atoms with E-state index in [2.05, 4.69) is 20.6 Å². The fraction of sp³-hybridized carbons (Fsp3) is 0.444. The summed E-state index contributed by atoms with van der Waals surface area (Å²) in [6.07, 6.45) is 5.69. The van der Waals surface area contributed by atoms with Gasteiger partial charge in [0.15, 0.2) is 0 Å². The van der Waals surface area contributed by atoms with Gasteiger partial charge in [-0.15, -0.1) is 0 Å². The van der Waals surface area contributed by atoms with Crippen molar-refractivity contribution < 1.29 is 8.42 Å². The summed E-state index contributed by atoms with van der Waals surface area (Å²) in [6, 6.07) is 9.07. The van der Waals surface area contributed by atoms with Crippen LogP contribution in [0.3, 0.4) is 0 Å². The molecule has 1 heterocycles. The molecule has 0 bridgehead atoms. The zero-order chi connectivity index (χ0) is 18.6. The maximum atomic E-state index is 11.3. The Morgan fingerprint density at radius 3 is 2.42 bits per heavy atom. The van der Waals surface area contributed by atoms with Crippen LogP contribution in [0.1, 0.15) is 37.1 Å². The van der Waals surface area contributed by atoms with Crippen molar-refractivity contribution in [2.75, 3.05) is 17.2 Å². The molecule has 0 atom stereocenters. The van der Waals surface area contributed by atoms with Gasteiger partial charge in [0.2, 0.25) is 10.0 Å². The number of primary sulfonamides is 1. The third kappa shape index (κ3) is 5.15. The molecule has 1 fully saturated rings. The first-order chi connectivity index (χ1) is 12.4. The van der Waals surface area contributed by atoms with Gasteiger partial charge in [0.1, 0.15) is 17.5 Å². The van der Waals surface area contributed by atoms with Gasteiger partial charge in [-0.05, 0) is 43.9 Å². The number of nitrogens with zero attached hydrogens (tertiary/aromatic N) is 2. The SMILES string of the molecule is Cc1nc(NCCc2ccc(S(N)(=O)=O)cc2)cc(NC2CCCC2)n1. The molecule has 0 amide bonds. The normalized spacial score (nSPS) is 15.2. The number of sulfonamides is 1. The van der Waals surface area contributed by atoms with E-state index < -0.39 is 10.0 Å². The third-order valence-corrected chi connectivity index (χ3v) is 5.45. The summed E-state index contributed by atoms with van der Waals surface area (Å²) in [5.41, 5.74) is 1.03. The van der Waals surface area contributed by atoms with Crippen LogP contribution in [0, 0.1) is 6.92 Å². The van der Waals surface area contributed by atoms with Gasteiger partial charge < -0.3 is 10.6 Å². The molecule has 140 valence electrons. The predicted octanol–water partition coefficient (Wildman–Crippen LogP) is 2.44. The van der Waals surface area contributed by atoms with Gasteiger partial charge >= 0.3 is 0 Å². The highest BCUT2D eigenvalue weighted by Crippen LogP contribution is 2.22. The minimum Gasteiger partial charge on any atom is -0.370 e. The Labute approximate surface area is 154 Å². The largest absolute Gasteiger partial charge is 0.370 e. The Hall–Kier alpha value is -2.19. The number of anilines is 2. The highest BCUT2D eigenvalue weighted by atomic mass is 32.2. The van der Waals surface area contributed by atoms with E-state index >= 15 is 0 Å². The van der Waals surface area contributed by atoms with Gasteiger partial charge in [-0.25, -0.2) is 23.5 Å². The van der Waals surface area contributed by atoms with Crippen molar-refractivity contribution in [3.05, 3.63) is 41.7 Å². The maximum Gasteiger partial charge on any atom is 0.238 e. The van der Waals surface area contributed by atoms with Gasteiger partial charge in [0, 0.05) is 18.7 Å². The summed E-state index contributed by atoms with van der Waals surface area (Å²) in [6.45, 7) is 2.57. The molecule has 8 heteroatoms. The average Bonchev–Trinajstić information content (AvgIpc) is 3.07. The highest BCUT2D eigenvalue weighted by molar-refractivity contribution is 7.89. The van der Waals surface area contributed by atoms with Crippen LogP contribution in [-0.4, -0.2) is 31.0 Å². The highest BCUT2D eigenvalue weighted by Gasteiger charge is 2.15. The van der Waals surface area contributed by atoms with E-state index in [0.717, 1.165) is 29.4 Å². The number of benzene rings is 1. The zero-order valence-corrected chi connectivity index (χ0v) is 15.7. The molecule has 0 unspecified atom stereocenters. The van der Waals surface area contributed by atoms with Crippen LogP contribution in [0.5, 0.6) is 0 Å². The van der Waals surface area contributed by atoms with Gasteiger partial charge in [-0.1, -0.05) is 25.0 Å². The number of aromatic nitrogens is 2. The molecular formula is C18H25N5O2S. The molecule has 0 radical (unpaired) electrons. The van der Waals surface area contributed by atoms with Crippen molar-refractivity contribution in [2.45, 2.75) is 50.0 Å². The quantitative estimate of drug-likeness (QED) is 0.686. The lowest BCUT2D eigenvalue weighted by Crippen LogP contribution is -2.17. The summed E-state index contributed by atoms with van der Waals surface area (Å²) in [5.74, 6) is 2.39. The molecule has 7 nitrogen and oxygen atoms in total. The Morgan fingerprint density at radius 1 is 1.12 bits per heavy atom. The van der Waals surface area contributed by atoms with Gasteiger partial charge in [-0.2, -0.15) is 0 Å². The smallest absolute Gasteiger partial charge is 0.238 e. The molecule has 1 aliphatic carbocycles. The number of aryl methyl sites for hydroxylation is 1. The lowest BCUT2D eigenvalue weighted by Gasteiger charge is -2.14. The molecule has 1 aliphatic rings. The van der Waals surface area contributed by atoms with Crippen LogP contribution in [0.15, 0.2) is 35.2 Å². The first-order valence-corrected chi connectivity index (χ1v) is 10.4. The number of hydrogen-bond acceptors (Lipinski definition) is 6. The van der Waals surface area contributed by atoms with Crippen molar-refractivity contribution in [1.29, 1.82) is 0 Å². The summed E-state index contributed by atoms with van der Waals surface area (Å²) in [5, 5.41) is 11.9. The fourth-order valence-corrected chi connectivity index (χ4v) is 3.71. The lowest BCUT2D eigenvalue weighted by molar-refractivity contribution is 0.598. The number of nitrogens with one attached hydrogen (secondary N) is 2. The Morgan fingerprint density at radius 2 is 1.77 bits per heavy atom. The van der Waals surface area contributed by atoms with Crippen LogP contribution in [0.4, 0.5) is 11.6 Å². The van der Waals surface area contributed by atoms with Crippen LogP contribution in [0.25, 0.3) is 0 Å². The molecular weight excluding hydrogens is 350 g/mol. The third-order valence-electron chi connectivity index (χ3n) is 4.52. The van der Waals surface area contributed by atoms with Crippen molar-refractivity contribution in [3.63, 3.8) is 0 Å². The molecule has 0 saturated heterocycles. The van der Waals surface area contributed by atoms with Crippen molar-refractivity contribution >= 4 is 21.7 Å². The van der Waals surface area contributed by atoms with E-state index in [0.29, 0.717) is 12.6 Å². The second-order valence-electron chi connectivity index (χ2n) is 6.68. The van der Waals surface area contributed by atoms with E-state index in [-0.39, 0.29) is 4.90 Å². The zero-order valence-electron chi connectivity index (χ0n) is 14.9. The summed E-state index contributed by atoms with van der Waals surface area (Å²) < 4.78 is 22.6. The Kier molecular flexibility index (Phi) is 5.73. The molecule has 0 aliphatic heterocycles. The van der Waals surface area contributed by atoms with E-state index in [1.54, 1.807) is 12.1 Å². The van der Waals surface area contributed by atoms with Crippen LogP contribution in [0.2, 0.25) is 0 Å². The van der Waals surface area contributed by atoms with Crippen LogP contribution < -0.4 is 15.8 Å². The summed E-state index contributed by atoms with van der Waals surface area (Å²) >= 11 is 0. The first kappa shape index (κ1) is 18.6. The minimum absolute atomic E-state index is 0.128. The van der Waals surface area contributed by atoms with Crippen molar-refractivity contribution in [3.8, 4) is 0 Å². The first-order valence-electron chi connectivity index (χ1n) is 8.88. The van der Waals surface area contributed by atoms with Gasteiger partial charge in [0.25, 0.3) is 0 Å². The monoisotopic (exact) mass is 375 g/mol. The molecule has 1 aromatic carbocycles. The van der Waals surface area contributed by atoms with E-state index in [1.165, 1.54) is 37.8 Å². The predicted molar refractivity (Wildman–Crippen MR) is 103 cm³/mol. The average molecular weight is 375 g/mol. The molecule has 2 aromatic rings. The number of nitrogens with two attached hydrogens (primary N) is 1. The van der Waals surface area contributed by atoms with Gasteiger partial charge in [0.05, 0.1) is 4.90 Å². The standard InChI is InChI=1S/C18H25N5O2S/c1-13-21-17(12-18(22-13)23-15-4-2-3-5-15)20-11-10-14-6-8-16(9-7-14)26(19,24)25/h6-9,12,15H,2-5,10-11H2,1H3,(H2,19,24,25)(H2,20,21,22,23). The topological polar surface area (TPSA) is 110 Å². The molecule has 1 aromatic heterocycles.